The molecule has 4 aromatic rings. The van der Waals surface area contributed by atoms with Crippen LogP contribution < -0.4 is 19.8 Å². The van der Waals surface area contributed by atoms with Crippen LogP contribution >= 0.6 is 11.6 Å². The van der Waals surface area contributed by atoms with Crippen molar-refractivity contribution in [2.75, 3.05) is 17.5 Å². The zero-order valence-corrected chi connectivity index (χ0v) is 26.1. The Labute approximate surface area is 262 Å². The highest BCUT2D eigenvalue weighted by molar-refractivity contribution is 7.92. The summed E-state index contributed by atoms with van der Waals surface area (Å²) in [6, 6.07) is 27.5. The van der Waals surface area contributed by atoms with Crippen molar-refractivity contribution in [3.05, 3.63) is 124 Å². The van der Waals surface area contributed by atoms with Crippen molar-refractivity contribution < 1.29 is 22.7 Å². The molecule has 9 nitrogen and oxygen atoms in total. The largest absolute Gasteiger partial charge is 0.484 e. The summed E-state index contributed by atoms with van der Waals surface area (Å²) in [5, 5.41) is 7.21. The number of halogens is 1. The molecule has 0 spiro atoms. The fourth-order valence-electron chi connectivity index (χ4n) is 4.24. The lowest BCUT2D eigenvalue weighted by Crippen LogP contribution is -2.40. The predicted octanol–water partition coefficient (Wildman–Crippen LogP) is 5.56. The summed E-state index contributed by atoms with van der Waals surface area (Å²) in [6.45, 7) is 4.83. The Morgan fingerprint density at radius 1 is 0.932 bits per heavy atom. The molecular formula is C33H33ClN4O5S. The number of nitrogens with zero attached hydrogens (tertiary/aromatic N) is 2. The van der Waals surface area contributed by atoms with Crippen LogP contribution in [-0.2, 0) is 19.6 Å². The number of anilines is 1. The lowest BCUT2D eigenvalue weighted by molar-refractivity contribution is -0.123. The quantitative estimate of drug-likeness (QED) is 0.157. The number of carbonyl (C=O) groups is 2. The van der Waals surface area contributed by atoms with Crippen molar-refractivity contribution in [1.82, 2.24) is 10.7 Å². The van der Waals surface area contributed by atoms with E-state index in [2.05, 4.69) is 15.8 Å². The normalized spacial score (nSPS) is 12.0. The number of hydrogen-bond acceptors (Lipinski definition) is 6. The van der Waals surface area contributed by atoms with E-state index in [9.17, 15) is 18.0 Å². The van der Waals surface area contributed by atoms with E-state index in [1.54, 1.807) is 55.5 Å². The summed E-state index contributed by atoms with van der Waals surface area (Å²) in [5.41, 5.74) is 5.86. The van der Waals surface area contributed by atoms with Gasteiger partial charge in [-0.25, -0.2) is 13.8 Å². The molecule has 11 heteroatoms. The van der Waals surface area contributed by atoms with Gasteiger partial charge in [0, 0.05) is 5.02 Å². The van der Waals surface area contributed by atoms with E-state index in [4.69, 9.17) is 16.3 Å². The second kappa shape index (κ2) is 14.7. The number of hydrogen-bond donors (Lipinski definition) is 2. The van der Waals surface area contributed by atoms with Crippen molar-refractivity contribution in [3.63, 3.8) is 0 Å². The molecule has 1 atom stereocenters. The van der Waals surface area contributed by atoms with Crippen molar-refractivity contribution in [2.24, 2.45) is 5.10 Å². The second-order valence-electron chi connectivity index (χ2n) is 10.1. The monoisotopic (exact) mass is 632 g/mol. The number of sulfonamides is 1. The Kier molecular flexibility index (Phi) is 10.8. The summed E-state index contributed by atoms with van der Waals surface area (Å²) in [4.78, 5) is 25.2. The van der Waals surface area contributed by atoms with Gasteiger partial charge in [-0.05, 0) is 86.0 Å². The summed E-state index contributed by atoms with van der Waals surface area (Å²) in [7, 11) is -4.10. The lowest BCUT2D eigenvalue weighted by atomic mass is 10.1. The molecule has 0 fully saturated rings. The van der Waals surface area contributed by atoms with Crippen LogP contribution in [0.4, 0.5) is 5.69 Å². The number of amides is 2. The number of aryl methyl sites for hydroxylation is 2. The van der Waals surface area contributed by atoms with Crippen LogP contribution in [0.1, 0.15) is 35.2 Å². The van der Waals surface area contributed by atoms with Crippen molar-refractivity contribution >= 4 is 45.3 Å². The van der Waals surface area contributed by atoms with Crippen molar-refractivity contribution in [3.8, 4) is 5.75 Å². The van der Waals surface area contributed by atoms with Crippen LogP contribution in [-0.4, -0.2) is 39.6 Å². The van der Waals surface area contributed by atoms with Gasteiger partial charge in [0.1, 0.15) is 12.3 Å². The molecule has 0 unspecified atom stereocenters. The smallest absolute Gasteiger partial charge is 0.264 e. The first-order valence-corrected chi connectivity index (χ1v) is 15.6. The van der Waals surface area contributed by atoms with Crippen LogP contribution in [0, 0.1) is 13.8 Å². The highest BCUT2D eigenvalue weighted by atomic mass is 35.5. The van der Waals surface area contributed by atoms with Gasteiger partial charge in [-0.3, -0.25) is 13.9 Å². The van der Waals surface area contributed by atoms with Crippen LogP contribution in [0.25, 0.3) is 0 Å². The third-order valence-corrected chi connectivity index (χ3v) is 8.68. The fourth-order valence-corrected chi connectivity index (χ4v) is 5.88. The molecule has 2 N–H and O–H groups in total. The van der Waals surface area contributed by atoms with Crippen LogP contribution in [0.2, 0.25) is 5.02 Å². The summed E-state index contributed by atoms with van der Waals surface area (Å²) < 4.78 is 33.8. The minimum absolute atomic E-state index is 0.0456. The van der Waals surface area contributed by atoms with E-state index in [0.717, 1.165) is 15.4 Å². The zero-order chi connectivity index (χ0) is 31.7. The van der Waals surface area contributed by atoms with Crippen molar-refractivity contribution in [2.45, 2.75) is 31.7 Å². The number of carbonyl (C=O) groups excluding carboxylic acids is 2. The van der Waals surface area contributed by atoms with Gasteiger partial charge in [-0.2, -0.15) is 5.10 Å². The minimum Gasteiger partial charge on any atom is -0.484 e. The third-order valence-electron chi connectivity index (χ3n) is 6.67. The molecule has 4 aromatic carbocycles. The predicted molar refractivity (Wildman–Crippen MR) is 173 cm³/mol. The Morgan fingerprint density at radius 3 is 2.30 bits per heavy atom. The summed E-state index contributed by atoms with van der Waals surface area (Å²) in [5.74, 6) is -0.407. The van der Waals surface area contributed by atoms with E-state index in [-0.39, 0.29) is 29.1 Å². The first-order chi connectivity index (χ1) is 21.0. The minimum atomic E-state index is -4.10. The maximum absolute atomic E-state index is 13.6. The molecule has 0 aliphatic rings. The molecule has 4 rings (SSSR count). The van der Waals surface area contributed by atoms with E-state index in [1.165, 1.54) is 24.4 Å². The molecule has 0 bridgehead atoms. The first kappa shape index (κ1) is 32.2. The van der Waals surface area contributed by atoms with Gasteiger partial charge in [-0.1, -0.05) is 65.7 Å². The number of ether oxygens (including phenoxy) is 1. The molecule has 0 heterocycles. The Bertz CT molecular complexity index is 1730. The average molecular weight is 633 g/mol. The first-order valence-electron chi connectivity index (χ1n) is 13.8. The molecule has 44 heavy (non-hydrogen) atoms. The lowest BCUT2D eigenvalue weighted by Gasteiger charge is -2.25. The maximum atomic E-state index is 13.6. The third kappa shape index (κ3) is 8.68. The maximum Gasteiger partial charge on any atom is 0.264 e. The Balaban J connectivity index is 1.36. The molecule has 0 aliphatic heterocycles. The molecule has 2 amide bonds. The molecule has 228 valence electrons. The molecule has 0 radical (unpaired) electrons. The van der Waals surface area contributed by atoms with Gasteiger partial charge in [0.25, 0.3) is 21.8 Å². The molecular weight excluding hydrogens is 600 g/mol. The zero-order valence-electron chi connectivity index (χ0n) is 24.5. The van der Waals surface area contributed by atoms with Gasteiger partial charge < -0.3 is 10.1 Å². The van der Waals surface area contributed by atoms with E-state index < -0.39 is 22.5 Å². The molecule has 0 aromatic heterocycles. The number of benzene rings is 4. The number of hydrazone groups is 1. The highest BCUT2D eigenvalue weighted by Crippen LogP contribution is 2.29. The molecule has 0 saturated heterocycles. The van der Waals surface area contributed by atoms with E-state index in [0.29, 0.717) is 21.9 Å². The average Bonchev–Trinajstić information content (AvgIpc) is 3.01. The molecule has 0 saturated carbocycles. The Hall–Kier alpha value is -4.67. The van der Waals surface area contributed by atoms with Gasteiger partial charge in [0.2, 0.25) is 0 Å². The summed E-state index contributed by atoms with van der Waals surface area (Å²) >= 11 is 6.18. The van der Waals surface area contributed by atoms with Crippen LogP contribution in [0.3, 0.4) is 0 Å². The number of rotatable bonds is 12. The number of nitrogens with one attached hydrogen (secondary N) is 2. The highest BCUT2D eigenvalue weighted by Gasteiger charge is 2.28. The van der Waals surface area contributed by atoms with E-state index >= 15 is 0 Å². The molecule has 0 aliphatic carbocycles. The van der Waals surface area contributed by atoms with Gasteiger partial charge in [0.05, 0.1) is 22.8 Å². The SMILES string of the molecule is Cc1ccc(S(=O)(=O)N(CC(=O)N/N=C\c2ccc(OCC(=O)N[C@H](C)c3ccccc3)cc2)c2cc(Cl)ccc2C)cc1. The van der Waals surface area contributed by atoms with Crippen molar-refractivity contribution in [1.29, 1.82) is 0 Å². The second-order valence-corrected chi connectivity index (χ2v) is 12.4. The van der Waals surface area contributed by atoms with Gasteiger partial charge >= 0.3 is 0 Å². The van der Waals surface area contributed by atoms with Gasteiger partial charge in [0.15, 0.2) is 6.61 Å². The van der Waals surface area contributed by atoms with E-state index in [1.807, 2.05) is 44.2 Å². The fraction of sp³-hybridized carbons (Fsp3) is 0.182. The van der Waals surface area contributed by atoms with Gasteiger partial charge in [-0.15, -0.1) is 0 Å². The van der Waals surface area contributed by atoms with Crippen LogP contribution in [0.15, 0.2) is 107 Å². The Morgan fingerprint density at radius 2 is 1.61 bits per heavy atom. The van der Waals surface area contributed by atoms with Crippen LogP contribution in [0.5, 0.6) is 5.75 Å². The standard InChI is InChI=1S/C33H33ClN4O5S/c1-23-9-17-30(18-10-23)44(41,42)38(31-19-28(34)14-11-24(31)2)21-32(39)37-35-20-26-12-15-29(16-13-26)43-22-33(40)36-25(3)27-7-5-4-6-8-27/h4-20,25H,21-22H2,1-3H3,(H,36,40)(H,37,39)/b35-20-/t25-/m1/s1. The summed E-state index contributed by atoms with van der Waals surface area (Å²) in [6.07, 6.45) is 1.42. The topological polar surface area (TPSA) is 117 Å².